The zero-order valence-corrected chi connectivity index (χ0v) is 13.6. The molecule has 0 spiro atoms. The molecule has 0 saturated carbocycles. The summed E-state index contributed by atoms with van der Waals surface area (Å²) < 4.78 is 6.55. The van der Waals surface area contributed by atoms with Gasteiger partial charge in [-0.05, 0) is 30.3 Å². The van der Waals surface area contributed by atoms with E-state index in [-0.39, 0.29) is 0 Å². The molecule has 0 radical (unpaired) electrons. The van der Waals surface area contributed by atoms with E-state index in [0.29, 0.717) is 0 Å². The van der Waals surface area contributed by atoms with E-state index in [1.165, 1.54) is 5.69 Å². The van der Waals surface area contributed by atoms with Crippen LogP contribution in [0.4, 0.5) is 5.69 Å². The van der Waals surface area contributed by atoms with Crippen LogP contribution in [0.5, 0.6) is 0 Å². The van der Waals surface area contributed by atoms with Crippen molar-refractivity contribution in [2.75, 3.05) is 31.2 Å². The first-order chi connectivity index (χ1) is 10.8. The summed E-state index contributed by atoms with van der Waals surface area (Å²) in [4.78, 5) is 10.5. The molecule has 5 heteroatoms. The monoisotopic (exact) mass is 357 g/mol. The van der Waals surface area contributed by atoms with E-state index in [1.807, 2.05) is 18.2 Å². The summed E-state index contributed by atoms with van der Waals surface area (Å²) in [5, 5.41) is 0. The summed E-state index contributed by atoms with van der Waals surface area (Å²) >= 11 is 3.58. The zero-order chi connectivity index (χ0) is 14.9. The molecule has 1 aliphatic rings. The molecule has 2 heterocycles. The number of aromatic amines is 1. The molecule has 1 aromatic heterocycles. The Balaban J connectivity index is 1.83. The summed E-state index contributed by atoms with van der Waals surface area (Å²) in [5.74, 6) is 0.912. The van der Waals surface area contributed by atoms with Crippen molar-refractivity contribution in [3.8, 4) is 11.4 Å². The van der Waals surface area contributed by atoms with Gasteiger partial charge in [-0.15, -0.1) is 0 Å². The number of ether oxygens (including phenoxy) is 1. The van der Waals surface area contributed by atoms with E-state index in [1.54, 1.807) is 0 Å². The average Bonchev–Trinajstić information content (AvgIpc) is 2.99. The molecular weight excluding hydrogens is 342 g/mol. The number of nitrogens with one attached hydrogen (secondary N) is 1. The van der Waals surface area contributed by atoms with Crippen LogP contribution in [0.3, 0.4) is 0 Å². The quantitative estimate of drug-likeness (QED) is 0.757. The minimum absolute atomic E-state index is 0.770. The predicted octanol–water partition coefficient (Wildman–Crippen LogP) is 3.83. The molecule has 1 N–H and O–H groups in total. The third-order valence-corrected chi connectivity index (χ3v) is 4.45. The van der Waals surface area contributed by atoms with Crippen LogP contribution in [0, 0.1) is 0 Å². The highest BCUT2D eigenvalue weighted by Gasteiger charge is 2.18. The lowest BCUT2D eigenvalue weighted by molar-refractivity contribution is 0.122. The van der Waals surface area contributed by atoms with Gasteiger partial charge in [0.1, 0.15) is 5.82 Å². The number of rotatable bonds is 2. The highest BCUT2D eigenvalue weighted by atomic mass is 79.9. The van der Waals surface area contributed by atoms with Gasteiger partial charge in [0, 0.05) is 28.8 Å². The third-order valence-electron chi connectivity index (χ3n) is 3.96. The number of morpholine rings is 1. The second kappa shape index (κ2) is 5.74. The van der Waals surface area contributed by atoms with Gasteiger partial charge >= 0.3 is 0 Å². The van der Waals surface area contributed by atoms with Crippen molar-refractivity contribution in [3.63, 3.8) is 0 Å². The van der Waals surface area contributed by atoms with E-state index in [2.05, 4.69) is 50.1 Å². The van der Waals surface area contributed by atoms with Gasteiger partial charge < -0.3 is 14.6 Å². The van der Waals surface area contributed by atoms with Crippen molar-refractivity contribution < 1.29 is 4.74 Å². The number of halogens is 1. The number of fused-ring (bicyclic) bond motifs is 1. The van der Waals surface area contributed by atoms with Gasteiger partial charge in [0.15, 0.2) is 0 Å². The number of para-hydroxylation sites is 2. The standard InChI is InChI=1S/C17H16BrN3O/c18-12-5-6-13(16(11-12)21-7-9-22-10-8-21)17-19-14-3-1-2-4-15(14)20-17/h1-6,11H,7-10H2,(H,19,20). The SMILES string of the molecule is Brc1ccc(-c2nc3ccccc3[nH]2)c(N2CCOCC2)c1. The van der Waals surface area contributed by atoms with Crippen LogP contribution >= 0.6 is 15.9 Å². The van der Waals surface area contributed by atoms with Gasteiger partial charge in [-0.25, -0.2) is 4.98 Å². The lowest BCUT2D eigenvalue weighted by Gasteiger charge is -2.30. The molecule has 1 aliphatic heterocycles. The number of imidazole rings is 1. The molecule has 4 nitrogen and oxygen atoms in total. The van der Waals surface area contributed by atoms with Gasteiger partial charge in [0.25, 0.3) is 0 Å². The second-order valence-electron chi connectivity index (χ2n) is 5.36. The molecule has 0 amide bonds. The summed E-state index contributed by atoms with van der Waals surface area (Å²) in [6.45, 7) is 3.35. The van der Waals surface area contributed by atoms with E-state index in [9.17, 15) is 0 Å². The van der Waals surface area contributed by atoms with E-state index in [4.69, 9.17) is 9.72 Å². The average molecular weight is 358 g/mol. The lowest BCUT2D eigenvalue weighted by Crippen LogP contribution is -2.36. The summed E-state index contributed by atoms with van der Waals surface area (Å²) in [5.41, 5.74) is 4.37. The van der Waals surface area contributed by atoms with Gasteiger partial charge in [0.05, 0.1) is 24.2 Å². The second-order valence-corrected chi connectivity index (χ2v) is 6.28. The van der Waals surface area contributed by atoms with Crippen molar-refractivity contribution in [1.82, 2.24) is 9.97 Å². The molecule has 0 bridgehead atoms. The number of hydrogen-bond acceptors (Lipinski definition) is 3. The van der Waals surface area contributed by atoms with E-state index in [0.717, 1.165) is 53.2 Å². The fourth-order valence-electron chi connectivity index (χ4n) is 2.85. The van der Waals surface area contributed by atoms with Crippen LogP contribution < -0.4 is 4.90 Å². The van der Waals surface area contributed by atoms with Crippen LogP contribution in [-0.2, 0) is 4.74 Å². The minimum atomic E-state index is 0.770. The molecule has 1 saturated heterocycles. The molecule has 0 unspecified atom stereocenters. The fraction of sp³-hybridized carbons (Fsp3) is 0.235. The molecule has 0 aliphatic carbocycles. The Bertz CT molecular complexity index is 776. The largest absolute Gasteiger partial charge is 0.378 e. The van der Waals surface area contributed by atoms with Gasteiger partial charge in [-0.1, -0.05) is 28.1 Å². The van der Waals surface area contributed by atoms with Gasteiger partial charge in [-0.3, -0.25) is 0 Å². The van der Waals surface area contributed by atoms with Crippen LogP contribution in [0.25, 0.3) is 22.4 Å². The van der Waals surface area contributed by atoms with Crippen LogP contribution in [0.1, 0.15) is 0 Å². The van der Waals surface area contributed by atoms with Crippen LogP contribution in [0.15, 0.2) is 46.9 Å². The Morgan fingerprint density at radius 3 is 2.73 bits per heavy atom. The van der Waals surface area contributed by atoms with Crippen LogP contribution in [-0.4, -0.2) is 36.3 Å². The Kier molecular flexibility index (Phi) is 3.60. The fourth-order valence-corrected chi connectivity index (χ4v) is 3.20. The predicted molar refractivity (Wildman–Crippen MR) is 92.3 cm³/mol. The first-order valence-corrected chi connectivity index (χ1v) is 8.18. The number of H-pyrrole nitrogens is 1. The Labute approximate surface area is 137 Å². The summed E-state index contributed by atoms with van der Waals surface area (Å²) in [6.07, 6.45) is 0. The van der Waals surface area contributed by atoms with Crippen LogP contribution in [0.2, 0.25) is 0 Å². The van der Waals surface area contributed by atoms with Crippen molar-refractivity contribution in [2.24, 2.45) is 0 Å². The van der Waals surface area contributed by atoms with Crippen molar-refractivity contribution >= 4 is 32.7 Å². The third kappa shape index (κ3) is 2.51. The van der Waals surface area contributed by atoms with E-state index >= 15 is 0 Å². The molecule has 4 rings (SSSR count). The Hall–Kier alpha value is -1.85. The maximum Gasteiger partial charge on any atom is 0.140 e. The molecule has 1 fully saturated rings. The summed E-state index contributed by atoms with van der Waals surface area (Å²) in [7, 11) is 0. The number of anilines is 1. The number of nitrogens with zero attached hydrogens (tertiary/aromatic N) is 2. The Morgan fingerprint density at radius 1 is 1.09 bits per heavy atom. The van der Waals surface area contributed by atoms with Crippen molar-refractivity contribution in [1.29, 1.82) is 0 Å². The molecule has 0 atom stereocenters. The van der Waals surface area contributed by atoms with E-state index < -0.39 is 0 Å². The van der Waals surface area contributed by atoms with Crippen molar-refractivity contribution in [3.05, 3.63) is 46.9 Å². The molecular formula is C17H16BrN3O. The number of hydrogen-bond donors (Lipinski definition) is 1. The topological polar surface area (TPSA) is 41.2 Å². The number of benzene rings is 2. The zero-order valence-electron chi connectivity index (χ0n) is 12.1. The first-order valence-electron chi connectivity index (χ1n) is 7.38. The van der Waals surface area contributed by atoms with Crippen molar-refractivity contribution in [2.45, 2.75) is 0 Å². The smallest absolute Gasteiger partial charge is 0.140 e. The molecule has 22 heavy (non-hydrogen) atoms. The first kappa shape index (κ1) is 13.8. The lowest BCUT2D eigenvalue weighted by atomic mass is 10.1. The van der Waals surface area contributed by atoms with Gasteiger partial charge in [-0.2, -0.15) is 0 Å². The highest BCUT2D eigenvalue weighted by molar-refractivity contribution is 9.10. The minimum Gasteiger partial charge on any atom is -0.378 e. The molecule has 3 aromatic rings. The Morgan fingerprint density at radius 2 is 1.91 bits per heavy atom. The molecule has 112 valence electrons. The number of aromatic nitrogens is 2. The maximum absolute atomic E-state index is 5.47. The van der Waals surface area contributed by atoms with Gasteiger partial charge in [0.2, 0.25) is 0 Å². The normalized spacial score (nSPS) is 15.4. The maximum atomic E-state index is 5.47. The summed E-state index contributed by atoms with van der Waals surface area (Å²) in [6, 6.07) is 14.5. The highest BCUT2D eigenvalue weighted by Crippen LogP contribution is 2.33. The molecule has 2 aromatic carbocycles.